The van der Waals surface area contributed by atoms with Gasteiger partial charge in [-0.2, -0.15) is 0 Å². The van der Waals surface area contributed by atoms with E-state index in [1.165, 1.54) is 6.92 Å². The van der Waals surface area contributed by atoms with Crippen LogP contribution in [0.1, 0.15) is 84.7 Å². The highest BCUT2D eigenvalue weighted by atomic mass is 16.5. The molecule has 0 spiro atoms. The van der Waals surface area contributed by atoms with E-state index in [0.29, 0.717) is 70.3 Å². The monoisotopic (exact) mass is 857 g/mol. The SMILES string of the molecule is Cc1cc2c(cc1OCCCC(=O)Nc1cc(C(=O)Cc3cc(C(=O)Nc4cc(C(=O)NCCCOC(=O)[C@H](C)N)n(C)c4)n(C)c3)n(C)c1)N=C[C@H]1Cc3ccccc3N1C2=O. The molecule has 0 saturated heterocycles. The molecular formula is C46H51N9O8. The van der Waals surface area contributed by atoms with E-state index in [0.717, 1.165) is 16.8 Å². The van der Waals surface area contributed by atoms with Crippen molar-refractivity contribution in [2.45, 2.75) is 58.0 Å². The van der Waals surface area contributed by atoms with Gasteiger partial charge in [0.2, 0.25) is 5.91 Å². The van der Waals surface area contributed by atoms with Crippen LogP contribution in [-0.4, -0.2) is 87.1 Å². The van der Waals surface area contributed by atoms with Crippen molar-refractivity contribution >= 4 is 64.3 Å². The Morgan fingerprint density at radius 3 is 2.33 bits per heavy atom. The minimum Gasteiger partial charge on any atom is -0.493 e. The zero-order chi connectivity index (χ0) is 44.9. The van der Waals surface area contributed by atoms with Crippen LogP contribution in [0.25, 0.3) is 0 Å². The molecule has 3 aromatic heterocycles. The van der Waals surface area contributed by atoms with E-state index in [4.69, 9.17) is 15.2 Å². The van der Waals surface area contributed by atoms with Crippen LogP contribution < -0.4 is 31.3 Å². The number of ether oxygens (including phenoxy) is 2. The number of amides is 4. The van der Waals surface area contributed by atoms with Gasteiger partial charge in [-0.3, -0.25) is 38.7 Å². The van der Waals surface area contributed by atoms with Gasteiger partial charge in [-0.1, -0.05) is 18.2 Å². The summed E-state index contributed by atoms with van der Waals surface area (Å²) < 4.78 is 15.9. The summed E-state index contributed by atoms with van der Waals surface area (Å²) in [6.45, 7) is 4.08. The molecule has 4 amide bonds. The molecule has 0 fully saturated rings. The number of hydrogen-bond donors (Lipinski definition) is 4. The number of nitrogens with two attached hydrogens (primary N) is 1. The van der Waals surface area contributed by atoms with Crippen LogP contribution in [-0.2, 0) is 48.3 Å². The second kappa shape index (κ2) is 18.8. The van der Waals surface area contributed by atoms with Gasteiger partial charge in [0.05, 0.1) is 47.6 Å². The smallest absolute Gasteiger partial charge is 0.322 e. The standard InChI is InChI=1S/C46H51N9O8/c1-27-16-34-35(49-23-33-19-30-10-6-7-11-36(30)55(33)45(34)60)22-41(27)62-14-8-12-42(57)50-31-20-37(53(4)25-31)40(56)18-29-17-38(52(3)24-29)44(59)51-32-21-39(54(5)26-32)43(58)48-13-9-15-63-46(61)28(2)47/h6-7,10-11,16-17,20-26,28,33H,8-9,12-15,18-19,47H2,1-5H3,(H,48,58)(H,50,57)(H,51,59)/t28-,33+/m0/s1. The summed E-state index contributed by atoms with van der Waals surface area (Å²) in [4.78, 5) is 84.0. The van der Waals surface area contributed by atoms with Crippen LogP contribution in [0.2, 0.25) is 0 Å². The first-order valence-electron chi connectivity index (χ1n) is 20.7. The lowest BCUT2D eigenvalue weighted by Crippen LogP contribution is -2.37. The molecular weight excluding hydrogens is 807 g/mol. The molecule has 2 aliphatic heterocycles. The summed E-state index contributed by atoms with van der Waals surface area (Å²) in [6.07, 6.45) is 8.56. The van der Waals surface area contributed by atoms with Gasteiger partial charge in [0.25, 0.3) is 17.7 Å². The third-order valence-corrected chi connectivity index (χ3v) is 10.9. The second-order valence-corrected chi connectivity index (χ2v) is 15.9. The fraction of sp³-hybridized carbons (Fsp3) is 0.326. The number of Topliss-reactive ketones (excluding diaryl/α,β-unsaturated/α-hetero) is 1. The number of anilines is 3. The zero-order valence-corrected chi connectivity index (χ0v) is 35.9. The molecule has 0 radical (unpaired) electrons. The van der Waals surface area contributed by atoms with Gasteiger partial charge in [-0.25, -0.2) is 0 Å². The molecule has 63 heavy (non-hydrogen) atoms. The number of fused-ring (bicyclic) bond motifs is 4. The van der Waals surface area contributed by atoms with Crippen LogP contribution in [0.5, 0.6) is 5.75 Å². The molecule has 5 N–H and O–H groups in total. The Balaban J connectivity index is 0.866. The number of para-hydroxylation sites is 1. The molecule has 2 aromatic carbocycles. The fourth-order valence-corrected chi connectivity index (χ4v) is 7.70. The molecule has 5 aromatic rings. The summed E-state index contributed by atoms with van der Waals surface area (Å²) in [5.74, 6) is -1.24. The minimum atomic E-state index is -0.716. The average Bonchev–Trinajstić information content (AvgIpc) is 4.00. The highest BCUT2D eigenvalue weighted by molar-refractivity contribution is 6.14. The summed E-state index contributed by atoms with van der Waals surface area (Å²) in [5, 5.41) is 8.44. The number of esters is 1. The quantitative estimate of drug-likeness (QED) is 0.0575. The van der Waals surface area contributed by atoms with Crippen molar-refractivity contribution in [3.05, 3.63) is 113 Å². The first-order valence-corrected chi connectivity index (χ1v) is 20.7. The highest BCUT2D eigenvalue weighted by Crippen LogP contribution is 2.38. The maximum Gasteiger partial charge on any atom is 0.322 e. The number of aliphatic imine (C=N–C) groups is 1. The number of benzene rings is 2. The maximum absolute atomic E-state index is 13.6. The molecule has 2 aliphatic rings. The average molecular weight is 858 g/mol. The number of carbonyl (C=O) groups excluding carboxylic acids is 6. The van der Waals surface area contributed by atoms with Crippen molar-refractivity contribution in [1.82, 2.24) is 19.0 Å². The van der Waals surface area contributed by atoms with E-state index in [1.54, 1.807) is 77.7 Å². The van der Waals surface area contributed by atoms with Gasteiger partial charge in [-0.05, 0) is 73.7 Å². The van der Waals surface area contributed by atoms with Crippen molar-refractivity contribution in [2.24, 2.45) is 31.9 Å². The lowest BCUT2D eigenvalue weighted by Gasteiger charge is -2.21. The molecule has 0 saturated carbocycles. The summed E-state index contributed by atoms with van der Waals surface area (Å²) in [7, 11) is 5.10. The Labute approximate surface area is 364 Å². The van der Waals surface area contributed by atoms with Gasteiger partial charge in [-0.15, -0.1) is 0 Å². The highest BCUT2D eigenvalue weighted by Gasteiger charge is 2.36. The van der Waals surface area contributed by atoms with Crippen LogP contribution in [0.3, 0.4) is 0 Å². The molecule has 0 bridgehead atoms. The normalized spacial score (nSPS) is 14.3. The minimum absolute atomic E-state index is 0.0121. The molecule has 7 rings (SSSR count). The fourth-order valence-electron chi connectivity index (χ4n) is 7.70. The number of nitrogens with one attached hydrogen (secondary N) is 3. The van der Waals surface area contributed by atoms with Crippen molar-refractivity contribution in [2.75, 3.05) is 35.3 Å². The number of rotatable bonds is 17. The lowest BCUT2D eigenvalue weighted by molar-refractivity contribution is -0.144. The molecule has 17 nitrogen and oxygen atoms in total. The van der Waals surface area contributed by atoms with Crippen LogP contribution in [0, 0.1) is 6.92 Å². The number of carbonyl (C=O) groups is 6. The van der Waals surface area contributed by atoms with E-state index in [9.17, 15) is 28.8 Å². The maximum atomic E-state index is 13.6. The first kappa shape index (κ1) is 43.8. The van der Waals surface area contributed by atoms with Crippen molar-refractivity contribution in [3.63, 3.8) is 0 Å². The second-order valence-electron chi connectivity index (χ2n) is 15.9. The van der Waals surface area contributed by atoms with E-state index in [1.807, 2.05) is 48.4 Å². The molecule has 5 heterocycles. The topological polar surface area (TPSA) is 213 Å². The molecule has 0 aliphatic carbocycles. The van der Waals surface area contributed by atoms with Crippen molar-refractivity contribution in [3.8, 4) is 5.75 Å². The number of hydrogen-bond acceptors (Lipinski definition) is 10. The predicted molar refractivity (Wildman–Crippen MR) is 237 cm³/mol. The third-order valence-electron chi connectivity index (χ3n) is 10.9. The largest absolute Gasteiger partial charge is 0.493 e. The summed E-state index contributed by atoms with van der Waals surface area (Å²) in [5.41, 5.74) is 11.9. The predicted octanol–water partition coefficient (Wildman–Crippen LogP) is 4.78. The van der Waals surface area contributed by atoms with Gasteiger partial charge in [0.15, 0.2) is 5.78 Å². The van der Waals surface area contributed by atoms with Gasteiger partial charge >= 0.3 is 5.97 Å². The number of nitrogens with zero attached hydrogens (tertiary/aromatic N) is 5. The third kappa shape index (κ3) is 9.94. The Morgan fingerprint density at radius 2 is 1.56 bits per heavy atom. The van der Waals surface area contributed by atoms with Crippen LogP contribution >= 0.6 is 0 Å². The van der Waals surface area contributed by atoms with Gasteiger partial charge < -0.3 is 44.9 Å². The number of ketones is 1. The van der Waals surface area contributed by atoms with Crippen LogP contribution in [0.4, 0.5) is 22.7 Å². The first-order chi connectivity index (χ1) is 30.2. The lowest BCUT2D eigenvalue weighted by atomic mass is 10.1. The Bertz CT molecular complexity index is 2630. The van der Waals surface area contributed by atoms with E-state index >= 15 is 0 Å². The Morgan fingerprint density at radius 1 is 0.857 bits per heavy atom. The van der Waals surface area contributed by atoms with E-state index in [2.05, 4.69) is 20.9 Å². The summed E-state index contributed by atoms with van der Waals surface area (Å²) >= 11 is 0. The van der Waals surface area contributed by atoms with Crippen LogP contribution in [0.15, 0.2) is 78.2 Å². The number of aromatic nitrogens is 3. The molecule has 17 heteroatoms. The Hall–Kier alpha value is -7.27. The van der Waals surface area contributed by atoms with Crippen molar-refractivity contribution in [1.29, 1.82) is 0 Å². The molecule has 0 unspecified atom stereocenters. The Kier molecular flexibility index (Phi) is 13.1. The van der Waals surface area contributed by atoms with E-state index < -0.39 is 17.9 Å². The zero-order valence-electron chi connectivity index (χ0n) is 35.9. The number of aryl methyl sites for hydroxylation is 4. The molecule has 328 valence electrons. The van der Waals surface area contributed by atoms with Crippen molar-refractivity contribution < 1.29 is 38.2 Å². The molecule has 2 atom stereocenters. The summed E-state index contributed by atoms with van der Waals surface area (Å²) in [6, 6.07) is 15.5. The van der Waals surface area contributed by atoms with Gasteiger partial charge in [0.1, 0.15) is 23.2 Å². The van der Waals surface area contributed by atoms with Gasteiger partial charge in [0, 0.05) is 83.5 Å². The van der Waals surface area contributed by atoms with E-state index in [-0.39, 0.29) is 62.1 Å².